The summed E-state index contributed by atoms with van der Waals surface area (Å²) in [5.74, 6) is 0.665. The maximum Gasteiger partial charge on any atom is 0.246 e. The van der Waals surface area contributed by atoms with Gasteiger partial charge in [0.1, 0.15) is 4.90 Å². The van der Waals surface area contributed by atoms with Crippen molar-refractivity contribution in [3.8, 4) is 0 Å². The van der Waals surface area contributed by atoms with Crippen LogP contribution in [0.3, 0.4) is 0 Å². The summed E-state index contributed by atoms with van der Waals surface area (Å²) in [6, 6.07) is 0.0706. The maximum atomic E-state index is 12.8. The highest BCUT2D eigenvalue weighted by molar-refractivity contribution is 7.89. The van der Waals surface area contributed by atoms with Gasteiger partial charge in [-0.25, -0.2) is 8.42 Å². The van der Waals surface area contributed by atoms with Crippen molar-refractivity contribution in [2.24, 2.45) is 5.92 Å². The average Bonchev–Trinajstić information content (AvgIpc) is 2.79. The Morgan fingerprint density at radius 3 is 2.75 bits per heavy atom. The third kappa shape index (κ3) is 2.87. The lowest BCUT2D eigenvalue weighted by molar-refractivity contribution is 0.239. The van der Waals surface area contributed by atoms with Gasteiger partial charge in [-0.3, -0.25) is 5.10 Å². The number of aromatic amines is 1. The van der Waals surface area contributed by atoms with Crippen molar-refractivity contribution in [2.75, 3.05) is 7.05 Å². The lowest BCUT2D eigenvalue weighted by Gasteiger charge is -2.33. The van der Waals surface area contributed by atoms with E-state index in [4.69, 9.17) is 11.6 Å². The second kappa shape index (κ2) is 6.03. The van der Waals surface area contributed by atoms with Crippen molar-refractivity contribution >= 4 is 21.6 Å². The van der Waals surface area contributed by atoms with Crippen molar-refractivity contribution in [1.82, 2.24) is 14.5 Å². The van der Waals surface area contributed by atoms with Gasteiger partial charge in [-0.15, -0.1) is 11.6 Å². The fraction of sp³-hybridized carbons (Fsp3) is 0.769. The normalized spacial score (nSPS) is 24.2. The van der Waals surface area contributed by atoms with E-state index in [1.807, 2.05) is 0 Å². The molecule has 2 unspecified atom stereocenters. The Hall–Kier alpha value is -0.590. The van der Waals surface area contributed by atoms with E-state index in [0.29, 0.717) is 17.3 Å². The summed E-state index contributed by atoms with van der Waals surface area (Å²) >= 11 is 5.80. The van der Waals surface area contributed by atoms with Crippen LogP contribution in [0.15, 0.2) is 4.90 Å². The van der Waals surface area contributed by atoms with Crippen LogP contribution < -0.4 is 0 Å². The number of hydrogen-bond acceptors (Lipinski definition) is 3. The molecule has 1 aliphatic carbocycles. The molecule has 0 radical (unpaired) electrons. The van der Waals surface area contributed by atoms with Gasteiger partial charge in [0, 0.05) is 13.1 Å². The van der Waals surface area contributed by atoms with E-state index in [2.05, 4.69) is 17.1 Å². The minimum absolute atomic E-state index is 0.0706. The molecule has 1 N–H and O–H groups in total. The van der Waals surface area contributed by atoms with Crippen molar-refractivity contribution < 1.29 is 8.42 Å². The van der Waals surface area contributed by atoms with E-state index in [0.717, 1.165) is 19.3 Å². The third-order valence-corrected chi connectivity index (χ3v) is 6.52. The fourth-order valence-electron chi connectivity index (χ4n) is 2.97. The molecule has 7 heteroatoms. The molecule has 2 atom stereocenters. The van der Waals surface area contributed by atoms with E-state index < -0.39 is 10.0 Å². The van der Waals surface area contributed by atoms with Crippen LogP contribution in [-0.4, -0.2) is 36.0 Å². The number of nitrogens with one attached hydrogen (secondary N) is 1. The summed E-state index contributed by atoms with van der Waals surface area (Å²) in [5, 5.41) is 6.70. The van der Waals surface area contributed by atoms with Gasteiger partial charge in [0.05, 0.1) is 17.3 Å². The van der Waals surface area contributed by atoms with Gasteiger partial charge < -0.3 is 0 Å². The summed E-state index contributed by atoms with van der Waals surface area (Å²) in [7, 11) is -1.87. The number of rotatable bonds is 4. The molecule has 1 aliphatic rings. The van der Waals surface area contributed by atoms with Gasteiger partial charge in [0.15, 0.2) is 0 Å². The van der Waals surface area contributed by atoms with Gasteiger partial charge in [-0.1, -0.05) is 19.8 Å². The molecule has 0 spiro atoms. The number of H-pyrrole nitrogens is 1. The third-order valence-electron chi connectivity index (χ3n) is 4.15. The first kappa shape index (κ1) is 15.8. The van der Waals surface area contributed by atoms with E-state index >= 15 is 0 Å². The number of aromatic nitrogens is 2. The molecule has 5 nitrogen and oxygen atoms in total. The highest BCUT2D eigenvalue weighted by Crippen LogP contribution is 2.31. The summed E-state index contributed by atoms with van der Waals surface area (Å²) < 4.78 is 27.1. The molecule has 0 amide bonds. The average molecular weight is 320 g/mol. The molecule has 20 heavy (non-hydrogen) atoms. The highest BCUT2D eigenvalue weighted by atomic mass is 35.5. The van der Waals surface area contributed by atoms with E-state index in [1.165, 1.54) is 10.7 Å². The lowest BCUT2D eigenvalue weighted by atomic mass is 9.87. The van der Waals surface area contributed by atoms with Crippen LogP contribution in [0.1, 0.15) is 44.0 Å². The highest BCUT2D eigenvalue weighted by Gasteiger charge is 2.34. The van der Waals surface area contributed by atoms with Crippen LogP contribution in [-0.2, 0) is 15.9 Å². The summed E-state index contributed by atoms with van der Waals surface area (Å²) in [6.07, 6.45) is 4.11. The molecule has 0 aromatic carbocycles. The van der Waals surface area contributed by atoms with E-state index in [1.54, 1.807) is 14.0 Å². The predicted octanol–water partition coefficient (Wildman–Crippen LogP) is 2.66. The minimum atomic E-state index is -3.54. The van der Waals surface area contributed by atoms with Crippen LogP contribution in [0.4, 0.5) is 0 Å². The number of alkyl halides is 1. The molecule has 1 saturated carbocycles. The van der Waals surface area contributed by atoms with Crippen LogP contribution in [0, 0.1) is 12.8 Å². The zero-order chi connectivity index (χ0) is 14.9. The smallest absolute Gasteiger partial charge is 0.246 e. The second-order valence-electron chi connectivity index (χ2n) is 5.70. The lowest BCUT2D eigenvalue weighted by Crippen LogP contribution is -2.40. The quantitative estimate of drug-likeness (QED) is 0.868. The van der Waals surface area contributed by atoms with Gasteiger partial charge in [-0.05, 0) is 25.7 Å². The number of halogens is 1. The molecule has 1 aromatic heterocycles. The van der Waals surface area contributed by atoms with Crippen molar-refractivity contribution in [3.05, 3.63) is 11.4 Å². The SMILES string of the molecule is Cc1[nH]nc(CCl)c1S(=O)(=O)N(C)C1CCCC(C)C1. The standard InChI is InChI=1S/C13H22ClN3O2S/c1-9-5-4-6-11(7-9)17(3)20(18,19)13-10(2)15-16-12(13)8-14/h9,11H,4-8H2,1-3H3,(H,15,16). The molecule has 114 valence electrons. The molecule has 0 aliphatic heterocycles. The Balaban J connectivity index is 2.31. The van der Waals surface area contributed by atoms with Crippen molar-refractivity contribution in [1.29, 1.82) is 0 Å². The van der Waals surface area contributed by atoms with Crippen LogP contribution >= 0.6 is 11.6 Å². The number of hydrogen-bond donors (Lipinski definition) is 1. The summed E-state index contributed by atoms with van der Waals surface area (Å²) in [6.45, 7) is 3.90. The number of aryl methyl sites for hydroxylation is 1. The van der Waals surface area contributed by atoms with Gasteiger partial charge in [-0.2, -0.15) is 9.40 Å². The molecule has 1 aromatic rings. The predicted molar refractivity (Wildman–Crippen MR) is 79.3 cm³/mol. The van der Waals surface area contributed by atoms with Crippen LogP contribution in [0.5, 0.6) is 0 Å². The van der Waals surface area contributed by atoms with Gasteiger partial charge >= 0.3 is 0 Å². The Morgan fingerprint density at radius 2 is 2.15 bits per heavy atom. The Bertz CT molecular complexity index is 570. The zero-order valence-electron chi connectivity index (χ0n) is 12.2. The van der Waals surface area contributed by atoms with Crippen LogP contribution in [0.2, 0.25) is 0 Å². The fourth-order valence-corrected chi connectivity index (χ4v) is 4.97. The molecule has 1 heterocycles. The molecule has 1 fully saturated rings. The molecule has 2 rings (SSSR count). The zero-order valence-corrected chi connectivity index (χ0v) is 13.8. The topological polar surface area (TPSA) is 66.1 Å². The Morgan fingerprint density at radius 1 is 1.45 bits per heavy atom. The van der Waals surface area contributed by atoms with Crippen molar-refractivity contribution in [3.63, 3.8) is 0 Å². The monoisotopic (exact) mass is 319 g/mol. The minimum Gasteiger partial charge on any atom is -0.281 e. The molecular weight excluding hydrogens is 298 g/mol. The summed E-state index contributed by atoms with van der Waals surface area (Å²) in [5.41, 5.74) is 0.955. The molecule has 0 saturated heterocycles. The van der Waals surface area contributed by atoms with Gasteiger partial charge in [0.2, 0.25) is 10.0 Å². The number of nitrogens with zero attached hydrogens (tertiary/aromatic N) is 2. The first-order valence-corrected chi connectivity index (χ1v) is 8.93. The largest absolute Gasteiger partial charge is 0.281 e. The van der Waals surface area contributed by atoms with Crippen LogP contribution in [0.25, 0.3) is 0 Å². The van der Waals surface area contributed by atoms with E-state index in [-0.39, 0.29) is 16.8 Å². The Kier molecular flexibility index (Phi) is 4.76. The molecular formula is C13H22ClN3O2S. The molecule has 0 bridgehead atoms. The Labute approximate surface area is 125 Å². The summed E-state index contributed by atoms with van der Waals surface area (Å²) in [4.78, 5) is 0.244. The van der Waals surface area contributed by atoms with Crippen molar-refractivity contribution in [2.45, 2.75) is 56.3 Å². The second-order valence-corrected chi connectivity index (χ2v) is 7.91. The first-order valence-electron chi connectivity index (χ1n) is 6.95. The van der Waals surface area contributed by atoms with E-state index in [9.17, 15) is 8.42 Å². The van der Waals surface area contributed by atoms with Gasteiger partial charge in [0.25, 0.3) is 0 Å². The maximum absolute atomic E-state index is 12.8. The number of sulfonamides is 1. The first-order chi connectivity index (χ1) is 9.37.